The van der Waals surface area contributed by atoms with Crippen molar-refractivity contribution < 1.29 is 9.09 Å². The van der Waals surface area contributed by atoms with Crippen molar-refractivity contribution in [1.82, 2.24) is 0 Å². The average Bonchev–Trinajstić information content (AvgIpc) is 2.27. The van der Waals surface area contributed by atoms with E-state index < -0.39 is 7.37 Å². The highest BCUT2D eigenvalue weighted by Gasteiger charge is 2.22. The van der Waals surface area contributed by atoms with Gasteiger partial charge in [-0.1, -0.05) is 32.0 Å². The van der Waals surface area contributed by atoms with E-state index in [1.165, 1.54) is 0 Å². The van der Waals surface area contributed by atoms with E-state index in [9.17, 15) is 4.57 Å². The van der Waals surface area contributed by atoms with Gasteiger partial charge in [0.2, 0.25) is 7.37 Å². The Morgan fingerprint density at radius 3 is 2.36 bits per heavy atom. The Hall–Kier alpha value is -0.590. The Balaban J connectivity index is 2.85. The van der Waals surface area contributed by atoms with Gasteiger partial charge >= 0.3 is 0 Å². The predicted molar refractivity (Wildman–Crippen MR) is 60.5 cm³/mol. The van der Waals surface area contributed by atoms with E-state index in [2.05, 4.69) is 0 Å². The molecule has 0 fully saturated rings. The van der Waals surface area contributed by atoms with Gasteiger partial charge in [0, 0.05) is 11.5 Å². The number of hydrogen-bond donors (Lipinski definition) is 0. The molecule has 1 atom stereocenters. The summed E-state index contributed by atoms with van der Waals surface area (Å²) < 4.78 is 17.8. The summed E-state index contributed by atoms with van der Waals surface area (Å²) in [5.74, 6) is 0. The van der Waals surface area contributed by atoms with Crippen LogP contribution in [0.15, 0.2) is 30.3 Å². The molecule has 0 spiro atoms. The van der Waals surface area contributed by atoms with Crippen LogP contribution >= 0.6 is 7.37 Å². The van der Waals surface area contributed by atoms with Crippen LogP contribution in [0.1, 0.15) is 20.3 Å². The second-order valence-corrected chi connectivity index (χ2v) is 5.91. The Labute approximate surface area is 85.7 Å². The fraction of sp³-hybridized carbons (Fsp3) is 0.455. The van der Waals surface area contributed by atoms with E-state index in [1.807, 2.05) is 44.2 Å². The van der Waals surface area contributed by atoms with Gasteiger partial charge in [-0.3, -0.25) is 4.57 Å². The summed E-state index contributed by atoms with van der Waals surface area (Å²) >= 11 is 0. The molecule has 2 nitrogen and oxygen atoms in total. The second kappa shape index (κ2) is 5.33. The van der Waals surface area contributed by atoms with E-state index in [0.29, 0.717) is 12.8 Å². The molecule has 1 unspecified atom stereocenters. The molecule has 14 heavy (non-hydrogen) atoms. The highest BCUT2D eigenvalue weighted by Crippen LogP contribution is 2.44. The lowest BCUT2D eigenvalue weighted by atomic mass is 10.4. The zero-order valence-corrected chi connectivity index (χ0v) is 9.67. The van der Waals surface area contributed by atoms with Crippen LogP contribution in [0.5, 0.6) is 0 Å². The molecule has 0 aromatic heterocycles. The molecule has 0 aliphatic carbocycles. The van der Waals surface area contributed by atoms with Crippen molar-refractivity contribution >= 4 is 12.7 Å². The maximum atomic E-state index is 12.3. The van der Waals surface area contributed by atoms with E-state index in [4.69, 9.17) is 4.52 Å². The summed E-state index contributed by atoms with van der Waals surface area (Å²) in [7, 11) is -2.57. The third kappa shape index (κ3) is 2.70. The molecule has 3 heteroatoms. The molecular weight excluding hydrogens is 195 g/mol. The first-order valence-corrected chi connectivity index (χ1v) is 6.83. The molecule has 1 aromatic rings. The van der Waals surface area contributed by atoms with Crippen molar-refractivity contribution in [3.8, 4) is 0 Å². The maximum Gasteiger partial charge on any atom is 0.231 e. The van der Waals surface area contributed by atoms with Crippen molar-refractivity contribution in [2.75, 3.05) is 12.8 Å². The molecule has 0 saturated carbocycles. The smallest absolute Gasteiger partial charge is 0.231 e. The van der Waals surface area contributed by atoms with Gasteiger partial charge in [0.15, 0.2) is 0 Å². The van der Waals surface area contributed by atoms with Gasteiger partial charge in [0.25, 0.3) is 0 Å². The van der Waals surface area contributed by atoms with Crippen LogP contribution in [0.2, 0.25) is 0 Å². The lowest BCUT2D eigenvalue weighted by molar-refractivity contribution is 0.320. The van der Waals surface area contributed by atoms with Gasteiger partial charge in [-0.25, -0.2) is 0 Å². The van der Waals surface area contributed by atoms with Crippen LogP contribution in [-0.2, 0) is 9.09 Å². The fourth-order valence-corrected chi connectivity index (χ4v) is 3.04. The predicted octanol–water partition coefficient (Wildman–Crippen LogP) is 3.04. The zero-order valence-electron chi connectivity index (χ0n) is 8.77. The molecule has 78 valence electrons. The molecule has 0 amide bonds. The van der Waals surface area contributed by atoms with E-state index in [0.717, 1.165) is 11.7 Å². The van der Waals surface area contributed by atoms with Gasteiger partial charge in [-0.2, -0.15) is 0 Å². The molecule has 0 aliphatic heterocycles. The van der Waals surface area contributed by atoms with Crippen LogP contribution in [0.4, 0.5) is 0 Å². The zero-order chi connectivity index (χ0) is 10.4. The molecule has 0 radical (unpaired) electrons. The summed E-state index contributed by atoms with van der Waals surface area (Å²) in [6, 6.07) is 9.46. The Morgan fingerprint density at radius 2 is 1.86 bits per heavy atom. The van der Waals surface area contributed by atoms with Crippen LogP contribution in [-0.4, -0.2) is 12.8 Å². The monoisotopic (exact) mass is 212 g/mol. The van der Waals surface area contributed by atoms with Gasteiger partial charge in [-0.15, -0.1) is 0 Å². The minimum Gasteiger partial charge on any atom is -0.325 e. The van der Waals surface area contributed by atoms with Crippen LogP contribution < -0.4 is 5.30 Å². The standard InChI is InChI=1S/C11H17O2P/c1-3-10-13-14(12,4-2)11-8-6-5-7-9-11/h5-9H,3-4,10H2,1-2H3. The van der Waals surface area contributed by atoms with Crippen LogP contribution in [0, 0.1) is 0 Å². The Morgan fingerprint density at radius 1 is 1.21 bits per heavy atom. The minimum atomic E-state index is -2.57. The largest absolute Gasteiger partial charge is 0.325 e. The van der Waals surface area contributed by atoms with Crippen LogP contribution in [0.25, 0.3) is 0 Å². The van der Waals surface area contributed by atoms with Crippen molar-refractivity contribution in [3.05, 3.63) is 30.3 Å². The van der Waals surface area contributed by atoms with Gasteiger partial charge in [-0.05, 0) is 18.6 Å². The third-order valence-electron chi connectivity index (χ3n) is 2.07. The van der Waals surface area contributed by atoms with Crippen molar-refractivity contribution in [1.29, 1.82) is 0 Å². The quantitative estimate of drug-likeness (QED) is 0.701. The molecule has 0 N–H and O–H groups in total. The Kier molecular flexibility index (Phi) is 4.37. The minimum absolute atomic E-state index is 0.566. The first-order chi connectivity index (χ1) is 6.73. The fourth-order valence-electron chi connectivity index (χ4n) is 1.24. The SMILES string of the molecule is CCCOP(=O)(CC)c1ccccc1. The summed E-state index contributed by atoms with van der Waals surface area (Å²) in [6.07, 6.45) is 1.47. The second-order valence-electron chi connectivity index (χ2n) is 3.16. The van der Waals surface area contributed by atoms with Gasteiger partial charge < -0.3 is 4.52 Å². The summed E-state index contributed by atoms with van der Waals surface area (Å²) in [5, 5.41) is 0.830. The summed E-state index contributed by atoms with van der Waals surface area (Å²) in [6.45, 7) is 4.49. The van der Waals surface area contributed by atoms with E-state index >= 15 is 0 Å². The van der Waals surface area contributed by atoms with Crippen molar-refractivity contribution in [2.45, 2.75) is 20.3 Å². The average molecular weight is 212 g/mol. The van der Waals surface area contributed by atoms with E-state index in [1.54, 1.807) is 0 Å². The van der Waals surface area contributed by atoms with Gasteiger partial charge in [0.05, 0.1) is 6.61 Å². The first kappa shape index (κ1) is 11.5. The first-order valence-electron chi connectivity index (χ1n) is 5.02. The maximum absolute atomic E-state index is 12.3. The number of rotatable bonds is 5. The van der Waals surface area contributed by atoms with Crippen molar-refractivity contribution in [2.24, 2.45) is 0 Å². The molecule has 1 rings (SSSR count). The normalized spacial score (nSPS) is 15.0. The van der Waals surface area contributed by atoms with Crippen LogP contribution in [0.3, 0.4) is 0 Å². The number of benzene rings is 1. The van der Waals surface area contributed by atoms with E-state index in [-0.39, 0.29) is 0 Å². The molecule has 0 bridgehead atoms. The third-order valence-corrected chi connectivity index (χ3v) is 4.59. The molecule has 0 aliphatic rings. The lowest BCUT2D eigenvalue weighted by Gasteiger charge is -2.16. The summed E-state index contributed by atoms with van der Waals surface area (Å²) in [5.41, 5.74) is 0. The topological polar surface area (TPSA) is 26.3 Å². The lowest BCUT2D eigenvalue weighted by Crippen LogP contribution is -2.09. The van der Waals surface area contributed by atoms with Crippen molar-refractivity contribution in [3.63, 3.8) is 0 Å². The Bertz CT molecular complexity index is 308. The molecule has 0 heterocycles. The van der Waals surface area contributed by atoms with Gasteiger partial charge in [0.1, 0.15) is 0 Å². The summed E-state index contributed by atoms with van der Waals surface area (Å²) in [4.78, 5) is 0. The molecule has 1 aromatic carbocycles. The highest BCUT2D eigenvalue weighted by molar-refractivity contribution is 7.66. The molecular formula is C11H17O2P. The molecule has 0 saturated heterocycles. The number of hydrogen-bond acceptors (Lipinski definition) is 2. The highest BCUT2D eigenvalue weighted by atomic mass is 31.2.